The van der Waals surface area contributed by atoms with E-state index < -0.39 is 0 Å². The fourth-order valence-corrected chi connectivity index (χ4v) is 4.73. The molecule has 1 saturated heterocycles. The average Bonchev–Trinajstić information content (AvgIpc) is 2.89. The predicted molar refractivity (Wildman–Crippen MR) is 107 cm³/mol. The van der Waals surface area contributed by atoms with Crippen LogP contribution < -0.4 is 0 Å². The summed E-state index contributed by atoms with van der Waals surface area (Å²) in [6.45, 7) is 3.70. The second kappa shape index (κ2) is 8.34. The standard InChI is InChI=1S/C22H30N4O/c1-25-12-13-26(22(27)18-6-3-2-4-7-18)16-17(15-25)14-19-9-11-23-20-8-5-10-24-21(19)20/h5,8-11,17-18H,2-4,6-7,12-16H2,1H3. The van der Waals surface area contributed by atoms with Gasteiger partial charge in [-0.15, -0.1) is 0 Å². The van der Waals surface area contributed by atoms with E-state index in [1.807, 2.05) is 24.5 Å². The van der Waals surface area contributed by atoms with Crippen LogP contribution in [0.15, 0.2) is 30.6 Å². The number of nitrogens with zero attached hydrogens (tertiary/aromatic N) is 4. The van der Waals surface area contributed by atoms with Crippen LogP contribution >= 0.6 is 0 Å². The molecule has 2 aromatic heterocycles. The Kier molecular flexibility index (Phi) is 5.67. The van der Waals surface area contributed by atoms with Crippen molar-refractivity contribution in [3.63, 3.8) is 0 Å². The third-order valence-corrected chi connectivity index (χ3v) is 6.15. The smallest absolute Gasteiger partial charge is 0.225 e. The van der Waals surface area contributed by atoms with Gasteiger partial charge < -0.3 is 9.80 Å². The number of pyridine rings is 2. The first-order chi connectivity index (χ1) is 13.2. The molecule has 0 aromatic carbocycles. The van der Waals surface area contributed by atoms with Gasteiger partial charge in [0.05, 0.1) is 11.0 Å². The van der Waals surface area contributed by atoms with Crippen LogP contribution in [0.4, 0.5) is 0 Å². The summed E-state index contributed by atoms with van der Waals surface area (Å²) in [5.41, 5.74) is 3.19. The lowest BCUT2D eigenvalue weighted by atomic mass is 9.88. The number of likely N-dealkylation sites (N-methyl/N-ethyl adjacent to an activating group) is 1. The van der Waals surface area contributed by atoms with Gasteiger partial charge in [0.15, 0.2) is 0 Å². The Hall–Kier alpha value is -2.01. The molecule has 2 aromatic rings. The van der Waals surface area contributed by atoms with Gasteiger partial charge in [0.1, 0.15) is 0 Å². The molecular weight excluding hydrogens is 336 g/mol. The van der Waals surface area contributed by atoms with E-state index in [4.69, 9.17) is 0 Å². The number of hydrogen-bond acceptors (Lipinski definition) is 4. The highest BCUT2D eigenvalue weighted by Gasteiger charge is 2.30. The van der Waals surface area contributed by atoms with Crippen molar-refractivity contribution in [3.05, 3.63) is 36.2 Å². The molecule has 1 aliphatic heterocycles. The monoisotopic (exact) mass is 366 g/mol. The van der Waals surface area contributed by atoms with Crippen molar-refractivity contribution in [2.75, 3.05) is 33.2 Å². The fraction of sp³-hybridized carbons (Fsp3) is 0.591. The van der Waals surface area contributed by atoms with Crippen LogP contribution in [0.25, 0.3) is 11.0 Å². The van der Waals surface area contributed by atoms with Crippen LogP contribution in [-0.4, -0.2) is 58.9 Å². The molecule has 0 spiro atoms. The molecule has 27 heavy (non-hydrogen) atoms. The minimum Gasteiger partial charge on any atom is -0.341 e. The summed E-state index contributed by atoms with van der Waals surface area (Å²) in [7, 11) is 2.17. The summed E-state index contributed by atoms with van der Waals surface area (Å²) in [5, 5.41) is 0. The Morgan fingerprint density at radius 1 is 1.07 bits per heavy atom. The molecule has 1 atom stereocenters. The van der Waals surface area contributed by atoms with Crippen LogP contribution in [0, 0.1) is 11.8 Å². The number of carbonyl (C=O) groups is 1. The van der Waals surface area contributed by atoms with E-state index in [0.717, 1.165) is 56.5 Å². The molecule has 0 bridgehead atoms. The van der Waals surface area contributed by atoms with E-state index in [1.54, 1.807) is 0 Å². The lowest BCUT2D eigenvalue weighted by molar-refractivity contribution is -0.136. The van der Waals surface area contributed by atoms with Gasteiger partial charge in [0, 0.05) is 44.5 Å². The first kappa shape index (κ1) is 18.4. The van der Waals surface area contributed by atoms with Crippen LogP contribution in [0.2, 0.25) is 0 Å². The van der Waals surface area contributed by atoms with Gasteiger partial charge in [-0.2, -0.15) is 0 Å². The van der Waals surface area contributed by atoms with Gasteiger partial charge >= 0.3 is 0 Å². The number of hydrogen-bond donors (Lipinski definition) is 0. The number of amides is 1. The lowest BCUT2D eigenvalue weighted by Gasteiger charge is -2.30. The number of aromatic nitrogens is 2. The Morgan fingerprint density at radius 2 is 1.93 bits per heavy atom. The van der Waals surface area contributed by atoms with Crippen LogP contribution in [-0.2, 0) is 11.2 Å². The molecule has 5 nitrogen and oxygen atoms in total. The Morgan fingerprint density at radius 3 is 2.78 bits per heavy atom. The maximum Gasteiger partial charge on any atom is 0.225 e. The summed E-state index contributed by atoms with van der Waals surface area (Å²) in [6.07, 6.45) is 10.5. The van der Waals surface area contributed by atoms with Crippen molar-refractivity contribution in [1.82, 2.24) is 19.8 Å². The second-order valence-corrected chi connectivity index (χ2v) is 8.29. The van der Waals surface area contributed by atoms with Crippen molar-refractivity contribution < 1.29 is 4.79 Å². The molecule has 4 rings (SSSR count). The maximum atomic E-state index is 13.1. The Labute approximate surface area is 161 Å². The van der Waals surface area contributed by atoms with Crippen LogP contribution in [0.3, 0.4) is 0 Å². The molecule has 1 unspecified atom stereocenters. The largest absolute Gasteiger partial charge is 0.341 e. The molecule has 0 radical (unpaired) electrons. The molecule has 1 aliphatic carbocycles. The van der Waals surface area contributed by atoms with Crippen LogP contribution in [0.1, 0.15) is 37.7 Å². The third-order valence-electron chi connectivity index (χ3n) is 6.15. The quantitative estimate of drug-likeness (QED) is 0.837. The first-order valence-electron chi connectivity index (χ1n) is 10.4. The number of rotatable bonds is 3. The van der Waals surface area contributed by atoms with Gasteiger partial charge in [-0.3, -0.25) is 14.8 Å². The highest BCUT2D eigenvalue weighted by atomic mass is 16.2. The zero-order chi connectivity index (χ0) is 18.6. The highest BCUT2D eigenvalue weighted by molar-refractivity contribution is 5.79. The summed E-state index contributed by atoms with van der Waals surface area (Å²) in [6, 6.07) is 6.04. The summed E-state index contributed by atoms with van der Waals surface area (Å²) in [5.74, 6) is 1.08. The molecule has 2 aliphatic rings. The first-order valence-corrected chi connectivity index (χ1v) is 10.4. The summed E-state index contributed by atoms with van der Waals surface area (Å²) < 4.78 is 0. The Balaban J connectivity index is 1.51. The fourth-order valence-electron chi connectivity index (χ4n) is 4.73. The van der Waals surface area contributed by atoms with Gasteiger partial charge in [0.25, 0.3) is 0 Å². The van der Waals surface area contributed by atoms with Gasteiger partial charge in [-0.1, -0.05) is 19.3 Å². The lowest BCUT2D eigenvalue weighted by Crippen LogP contribution is -2.40. The van der Waals surface area contributed by atoms with Gasteiger partial charge in [0.2, 0.25) is 5.91 Å². The van der Waals surface area contributed by atoms with Gasteiger partial charge in [-0.05, 0) is 56.0 Å². The zero-order valence-electron chi connectivity index (χ0n) is 16.3. The van der Waals surface area contributed by atoms with E-state index in [9.17, 15) is 4.79 Å². The van der Waals surface area contributed by atoms with E-state index in [2.05, 4.69) is 32.9 Å². The molecule has 1 saturated carbocycles. The second-order valence-electron chi connectivity index (χ2n) is 8.29. The topological polar surface area (TPSA) is 49.3 Å². The molecule has 144 valence electrons. The number of fused-ring (bicyclic) bond motifs is 1. The predicted octanol–water partition coefficient (Wildman–Crippen LogP) is 3.14. The van der Waals surface area contributed by atoms with Gasteiger partial charge in [-0.25, -0.2) is 0 Å². The minimum absolute atomic E-state index is 0.256. The maximum absolute atomic E-state index is 13.1. The zero-order valence-corrected chi connectivity index (χ0v) is 16.3. The van der Waals surface area contributed by atoms with E-state index in [1.165, 1.54) is 24.8 Å². The average molecular weight is 367 g/mol. The van der Waals surface area contributed by atoms with Crippen molar-refractivity contribution in [2.45, 2.75) is 38.5 Å². The summed E-state index contributed by atoms with van der Waals surface area (Å²) >= 11 is 0. The SMILES string of the molecule is CN1CCN(C(=O)C2CCCCC2)CC(Cc2ccnc3cccnc23)C1. The Bertz CT molecular complexity index is 781. The van der Waals surface area contributed by atoms with Crippen molar-refractivity contribution in [1.29, 1.82) is 0 Å². The van der Waals surface area contributed by atoms with E-state index in [0.29, 0.717) is 11.8 Å². The molecule has 0 N–H and O–H groups in total. The number of carbonyl (C=O) groups excluding carboxylic acids is 1. The normalized spacial score (nSPS) is 22.7. The highest BCUT2D eigenvalue weighted by Crippen LogP contribution is 2.27. The molecule has 1 amide bonds. The van der Waals surface area contributed by atoms with Crippen molar-refractivity contribution >= 4 is 16.9 Å². The summed E-state index contributed by atoms with van der Waals surface area (Å²) in [4.78, 5) is 26.6. The minimum atomic E-state index is 0.256. The van der Waals surface area contributed by atoms with E-state index in [-0.39, 0.29) is 5.92 Å². The van der Waals surface area contributed by atoms with Crippen molar-refractivity contribution in [2.24, 2.45) is 11.8 Å². The molecule has 3 heterocycles. The molecule has 5 heteroatoms. The molecule has 2 fully saturated rings. The third kappa shape index (κ3) is 4.29. The van der Waals surface area contributed by atoms with E-state index >= 15 is 0 Å². The van der Waals surface area contributed by atoms with Crippen molar-refractivity contribution in [3.8, 4) is 0 Å². The molecular formula is C22H30N4O. The van der Waals surface area contributed by atoms with Crippen LogP contribution in [0.5, 0.6) is 0 Å².